The lowest BCUT2D eigenvalue weighted by molar-refractivity contribution is -0.164. The molecule has 1 aliphatic carbocycles. The van der Waals surface area contributed by atoms with Gasteiger partial charge in [-0.1, -0.05) is 19.3 Å². The maximum atomic E-state index is 11.7. The van der Waals surface area contributed by atoms with Crippen LogP contribution in [0.5, 0.6) is 0 Å². The van der Waals surface area contributed by atoms with Gasteiger partial charge >= 0.3 is 11.9 Å². The molecule has 0 aromatic carbocycles. The van der Waals surface area contributed by atoms with Gasteiger partial charge in [0.15, 0.2) is 5.92 Å². The SMILES string of the molecule is COC(=O)C(C)C(=O)OC(C)C1CCCCC1. The average molecular weight is 242 g/mol. The smallest absolute Gasteiger partial charge is 0.320 e. The third-order valence-electron chi connectivity index (χ3n) is 3.52. The largest absolute Gasteiger partial charge is 0.468 e. The van der Waals surface area contributed by atoms with Gasteiger partial charge in [0, 0.05) is 0 Å². The molecule has 0 saturated heterocycles. The van der Waals surface area contributed by atoms with Crippen LogP contribution in [0.2, 0.25) is 0 Å². The standard InChI is InChI=1S/C13H22O4/c1-9(12(14)16-3)13(15)17-10(2)11-7-5-4-6-8-11/h9-11H,4-8H2,1-3H3. The molecule has 1 rings (SSSR count). The van der Waals surface area contributed by atoms with Crippen molar-refractivity contribution < 1.29 is 19.1 Å². The molecule has 0 aromatic rings. The van der Waals surface area contributed by atoms with Gasteiger partial charge in [-0.05, 0) is 32.6 Å². The molecule has 2 unspecified atom stereocenters. The molecule has 98 valence electrons. The van der Waals surface area contributed by atoms with Crippen LogP contribution in [0, 0.1) is 11.8 Å². The number of methoxy groups -OCH3 is 1. The molecule has 4 nitrogen and oxygen atoms in total. The Bertz CT molecular complexity index is 269. The highest BCUT2D eigenvalue weighted by atomic mass is 16.6. The van der Waals surface area contributed by atoms with Gasteiger partial charge in [-0.15, -0.1) is 0 Å². The lowest BCUT2D eigenvalue weighted by atomic mass is 9.86. The van der Waals surface area contributed by atoms with Crippen LogP contribution >= 0.6 is 0 Å². The molecule has 4 heteroatoms. The molecular weight excluding hydrogens is 220 g/mol. The minimum absolute atomic E-state index is 0.102. The molecule has 0 radical (unpaired) electrons. The van der Waals surface area contributed by atoms with E-state index < -0.39 is 17.9 Å². The fourth-order valence-electron chi connectivity index (χ4n) is 2.26. The van der Waals surface area contributed by atoms with Crippen LogP contribution in [0.1, 0.15) is 46.0 Å². The topological polar surface area (TPSA) is 52.6 Å². The summed E-state index contributed by atoms with van der Waals surface area (Å²) >= 11 is 0. The monoisotopic (exact) mass is 242 g/mol. The lowest BCUT2D eigenvalue weighted by Crippen LogP contribution is -2.31. The summed E-state index contributed by atoms with van der Waals surface area (Å²) in [5.41, 5.74) is 0. The minimum atomic E-state index is -0.828. The van der Waals surface area contributed by atoms with Crippen LogP contribution in [0.25, 0.3) is 0 Å². The zero-order valence-corrected chi connectivity index (χ0v) is 10.9. The molecule has 1 aliphatic rings. The van der Waals surface area contributed by atoms with Gasteiger partial charge in [0.05, 0.1) is 7.11 Å². The lowest BCUT2D eigenvalue weighted by Gasteiger charge is -2.27. The summed E-state index contributed by atoms with van der Waals surface area (Å²) in [5, 5.41) is 0. The Morgan fingerprint density at radius 2 is 1.65 bits per heavy atom. The predicted molar refractivity (Wildman–Crippen MR) is 63.3 cm³/mol. The highest BCUT2D eigenvalue weighted by Gasteiger charge is 2.28. The van der Waals surface area contributed by atoms with Crippen molar-refractivity contribution in [3.63, 3.8) is 0 Å². The van der Waals surface area contributed by atoms with Crippen molar-refractivity contribution in [3.05, 3.63) is 0 Å². The van der Waals surface area contributed by atoms with E-state index in [2.05, 4.69) is 4.74 Å². The molecule has 1 saturated carbocycles. The molecule has 0 aliphatic heterocycles. The Balaban J connectivity index is 2.41. The van der Waals surface area contributed by atoms with Crippen LogP contribution in [-0.4, -0.2) is 25.2 Å². The summed E-state index contributed by atoms with van der Waals surface area (Å²) in [4.78, 5) is 22.9. The van der Waals surface area contributed by atoms with Crippen molar-refractivity contribution in [2.45, 2.75) is 52.1 Å². The quantitative estimate of drug-likeness (QED) is 0.560. The first-order valence-corrected chi connectivity index (χ1v) is 6.34. The first-order valence-electron chi connectivity index (χ1n) is 6.34. The zero-order valence-electron chi connectivity index (χ0n) is 10.9. The van der Waals surface area contributed by atoms with E-state index in [1.807, 2.05) is 6.92 Å². The van der Waals surface area contributed by atoms with E-state index in [0.717, 1.165) is 12.8 Å². The number of ether oxygens (including phenoxy) is 2. The fourth-order valence-corrected chi connectivity index (χ4v) is 2.26. The third kappa shape index (κ3) is 4.02. The van der Waals surface area contributed by atoms with E-state index in [-0.39, 0.29) is 6.10 Å². The van der Waals surface area contributed by atoms with Crippen molar-refractivity contribution in [1.29, 1.82) is 0 Å². The Morgan fingerprint density at radius 3 is 2.18 bits per heavy atom. The third-order valence-corrected chi connectivity index (χ3v) is 3.52. The number of carbonyl (C=O) groups is 2. The average Bonchev–Trinajstić information content (AvgIpc) is 2.37. The number of hydrogen-bond acceptors (Lipinski definition) is 4. The number of rotatable bonds is 4. The number of esters is 2. The maximum absolute atomic E-state index is 11.7. The van der Waals surface area contributed by atoms with Gasteiger partial charge in [0.1, 0.15) is 6.10 Å². The Hall–Kier alpha value is -1.06. The van der Waals surface area contributed by atoms with Crippen LogP contribution < -0.4 is 0 Å². The molecule has 0 aromatic heterocycles. The molecule has 0 amide bonds. The second kappa shape index (κ2) is 6.62. The molecule has 0 N–H and O–H groups in total. The van der Waals surface area contributed by atoms with E-state index >= 15 is 0 Å². The molecule has 0 bridgehead atoms. The van der Waals surface area contributed by atoms with Crippen LogP contribution in [0.15, 0.2) is 0 Å². The summed E-state index contributed by atoms with van der Waals surface area (Å²) in [7, 11) is 1.27. The Kier molecular flexibility index (Phi) is 5.45. The second-order valence-electron chi connectivity index (χ2n) is 4.78. The Labute approximate surface area is 103 Å². The summed E-state index contributed by atoms with van der Waals surface area (Å²) in [6.07, 6.45) is 5.81. The maximum Gasteiger partial charge on any atom is 0.320 e. The first-order chi connectivity index (χ1) is 8.06. The molecule has 2 atom stereocenters. The number of carbonyl (C=O) groups excluding carboxylic acids is 2. The molecule has 0 heterocycles. The molecular formula is C13H22O4. The van der Waals surface area contributed by atoms with E-state index in [9.17, 15) is 9.59 Å². The van der Waals surface area contributed by atoms with Crippen molar-refractivity contribution in [3.8, 4) is 0 Å². The number of hydrogen-bond donors (Lipinski definition) is 0. The van der Waals surface area contributed by atoms with Gasteiger partial charge < -0.3 is 9.47 Å². The fraction of sp³-hybridized carbons (Fsp3) is 0.846. The van der Waals surface area contributed by atoms with Crippen molar-refractivity contribution in [1.82, 2.24) is 0 Å². The predicted octanol–water partition coefficient (Wildman–Crippen LogP) is 2.31. The summed E-state index contributed by atoms with van der Waals surface area (Å²) in [6.45, 7) is 3.43. The van der Waals surface area contributed by atoms with E-state index in [4.69, 9.17) is 4.74 Å². The van der Waals surface area contributed by atoms with Gasteiger partial charge in [0.25, 0.3) is 0 Å². The summed E-state index contributed by atoms with van der Waals surface area (Å²) in [6, 6.07) is 0. The van der Waals surface area contributed by atoms with Crippen molar-refractivity contribution in [2.24, 2.45) is 11.8 Å². The van der Waals surface area contributed by atoms with Gasteiger partial charge in [0.2, 0.25) is 0 Å². The van der Waals surface area contributed by atoms with Gasteiger partial charge in [-0.3, -0.25) is 9.59 Å². The molecule has 0 spiro atoms. The minimum Gasteiger partial charge on any atom is -0.468 e. The highest BCUT2D eigenvalue weighted by Crippen LogP contribution is 2.28. The van der Waals surface area contributed by atoms with Crippen LogP contribution in [0.4, 0.5) is 0 Å². The van der Waals surface area contributed by atoms with E-state index in [1.165, 1.54) is 33.3 Å². The summed E-state index contributed by atoms with van der Waals surface area (Å²) in [5.74, 6) is -1.40. The normalized spacial score (nSPS) is 20.4. The first kappa shape index (κ1) is 14.0. The van der Waals surface area contributed by atoms with E-state index in [0.29, 0.717) is 5.92 Å². The second-order valence-corrected chi connectivity index (χ2v) is 4.78. The molecule has 1 fully saturated rings. The van der Waals surface area contributed by atoms with Crippen LogP contribution in [-0.2, 0) is 19.1 Å². The Morgan fingerprint density at radius 1 is 1.06 bits per heavy atom. The van der Waals surface area contributed by atoms with Crippen LogP contribution in [0.3, 0.4) is 0 Å². The van der Waals surface area contributed by atoms with Crippen molar-refractivity contribution >= 4 is 11.9 Å². The highest BCUT2D eigenvalue weighted by molar-refractivity contribution is 5.94. The zero-order chi connectivity index (χ0) is 12.8. The molecule has 17 heavy (non-hydrogen) atoms. The van der Waals surface area contributed by atoms with Gasteiger partial charge in [-0.25, -0.2) is 0 Å². The van der Waals surface area contributed by atoms with Gasteiger partial charge in [-0.2, -0.15) is 0 Å². The summed E-state index contributed by atoms with van der Waals surface area (Å²) < 4.78 is 9.86. The van der Waals surface area contributed by atoms with Crippen molar-refractivity contribution in [2.75, 3.05) is 7.11 Å². The van der Waals surface area contributed by atoms with E-state index in [1.54, 1.807) is 0 Å².